The molecular formula is C17H14INO3. The fourth-order valence-electron chi connectivity index (χ4n) is 3.83. The van der Waals surface area contributed by atoms with E-state index in [1.54, 1.807) is 6.07 Å². The minimum atomic E-state index is -0.531. The van der Waals surface area contributed by atoms with Gasteiger partial charge in [0, 0.05) is 21.5 Å². The number of halogens is 1. The highest BCUT2D eigenvalue weighted by Crippen LogP contribution is 2.48. The number of hydrogen-bond donors (Lipinski definition) is 0. The van der Waals surface area contributed by atoms with Crippen molar-refractivity contribution in [2.24, 2.45) is 11.8 Å². The molecule has 2 unspecified atom stereocenters. The fraction of sp³-hybridized carbons (Fsp3) is 0.353. The fourth-order valence-corrected chi connectivity index (χ4v) is 4.33. The van der Waals surface area contributed by atoms with Crippen molar-refractivity contribution in [3.05, 3.63) is 38.5 Å². The molecule has 112 valence electrons. The molecule has 1 aromatic carbocycles. The number of imide groups is 1. The number of fused-ring (bicyclic) bond motifs is 2. The molecule has 0 radical (unpaired) electrons. The number of carbonyl (C=O) groups is 3. The zero-order valence-electron chi connectivity index (χ0n) is 12.1. The van der Waals surface area contributed by atoms with Gasteiger partial charge >= 0.3 is 0 Å². The standard InChI is InChI=1S/C17H14INO3/c1-8-2-4-10(7-12(8)18)19-16(21)14-9-3-5-11(13(20)6-9)15(14)17(19)22/h2,4,7,11,15H,3,5-6H2,1H3. The number of carbonyl (C=O) groups excluding carboxylic acids is 3. The summed E-state index contributed by atoms with van der Waals surface area (Å²) in [6.07, 6.45) is 1.84. The van der Waals surface area contributed by atoms with E-state index in [1.165, 1.54) is 4.90 Å². The average Bonchev–Trinajstić information content (AvgIpc) is 2.76. The van der Waals surface area contributed by atoms with E-state index in [2.05, 4.69) is 22.6 Å². The zero-order valence-corrected chi connectivity index (χ0v) is 14.2. The summed E-state index contributed by atoms with van der Waals surface area (Å²) in [5.41, 5.74) is 3.22. The molecule has 1 saturated heterocycles. The topological polar surface area (TPSA) is 54.5 Å². The number of ketones is 1. The van der Waals surface area contributed by atoms with E-state index in [9.17, 15) is 14.4 Å². The summed E-state index contributed by atoms with van der Waals surface area (Å²) in [5, 5.41) is 0. The van der Waals surface area contributed by atoms with Crippen LogP contribution in [0, 0.1) is 22.3 Å². The van der Waals surface area contributed by atoms with Crippen molar-refractivity contribution in [2.75, 3.05) is 4.90 Å². The summed E-state index contributed by atoms with van der Waals surface area (Å²) in [7, 11) is 0. The number of Topliss-reactive ketones (excluding diaryl/α,β-unsaturated/α-hetero) is 1. The van der Waals surface area contributed by atoms with Gasteiger partial charge in [-0.05, 0) is 60.1 Å². The van der Waals surface area contributed by atoms with Crippen LogP contribution in [0.1, 0.15) is 24.8 Å². The van der Waals surface area contributed by atoms with Gasteiger partial charge in [-0.1, -0.05) is 11.6 Å². The van der Waals surface area contributed by atoms with Crippen LogP contribution in [-0.4, -0.2) is 17.6 Å². The third-order valence-corrected chi connectivity index (χ3v) is 6.15. The van der Waals surface area contributed by atoms with Crippen LogP contribution in [0.3, 0.4) is 0 Å². The van der Waals surface area contributed by atoms with Crippen LogP contribution < -0.4 is 4.90 Å². The molecule has 1 aromatic rings. The third kappa shape index (κ3) is 1.77. The average molecular weight is 407 g/mol. The van der Waals surface area contributed by atoms with Gasteiger partial charge < -0.3 is 0 Å². The lowest BCUT2D eigenvalue weighted by Crippen LogP contribution is -2.38. The van der Waals surface area contributed by atoms with Crippen molar-refractivity contribution in [3.63, 3.8) is 0 Å². The predicted molar refractivity (Wildman–Crippen MR) is 89.3 cm³/mol. The molecule has 2 fully saturated rings. The Morgan fingerprint density at radius 2 is 2.00 bits per heavy atom. The molecule has 4 nitrogen and oxygen atoms in total. The van der Waals surface area contributed by atoms with E-state index in [0.29, 0.717) is 24.1 Å². The molecule has 0 spiro atoms. The third-order valence-electron chi connectivity index (χ3n) is 4.99. The quantitative estimate of drug-likeness (QED) is 0.532. The number of rotatable bonds is 1. The van der Waals surface area contributed by atoms with E-state index in [-0.39, 0.29) is 23.5 Å². The van der Waals surface area contributed by atoms with Gasteiger partial charge in [0.15, 0.2) is 0 Å². The summed E-state index contributed by atoms with van der Waals surface area (Å²) >= 11 is 2.20. The van der Waals surface area contributed by atoms with Crippen molar-refractivity contribution < 1.29 is 14.4 Å². The summed E-state index contributed by atoms with van der Waals surface area (Å²) in [5.74, 6) is -1.15. The molecule has 2 atom stereocenters. The van der Waals surface area contributed by atoms with Crippen molar-refractivity contribution in [1.82, 2.24) is 0 Å². The number of hydrogen-bond acceptors (Lipinski definition) is 3. The molecule has 2 amide bonds. The highest BCUT2D eigenvalue weighted by atomic mass is 127. The van der Waals surface area contributed by atoms with Crippen LogP contribution in [-0.2, 0) is 14.4 Å². The van der Waals surface area contributed by atoms with Crippen LogP contribution >= 0.6 is 22.6 Å². The number of aryl methyl sites for hydroxylation is 1. The lowest BCUT2D eigenvalue weighted by atomic mass is 9.67. The second-order valence-corrected chi connectivity index (χ2v) is 7.36. The number of benzene rings is 1. The van der Waals surface area contributed by atoms with Crippen LogP contribution in [0.15, 0.2) is 29.3 Å². The highest BCUT2D eigenvalue weighted by molar-refractivity contribution is 14.1. The summed E-state index contributed by atoms with van der Waals surface area (Å²) in [6.45, 7) is 1.99. The lowest BCUT2D eigenvalue weighted by Gasteiger charge is -2.33. The summed E-state index contributed by atoms with van der Waals surface area (Å²) in [4.78, 5) is 38.9. The highest BCUT2D eigenvalue weighted by Gasteiger charge is 2.55. The number of nitrogens with zero attached hydrogens (tertiary/aromatic N) is 1. The smallest absolute Gasteiger partial charge is 0.261 e. The summed E-state index contributed by atoms with van der Waals surface area (Å²) in [6, 6.07) is 5.58. The minimum absolute atomic E-state index is 0.122. The Labute approximate surface area is 141 Å². The molecule has 1 aliphatic heterocycles. The SMILES string of the molecule is Cc1ccc(N2C(=O)C3=C4CCC(C(=O)C4)C3C2=O)cc1I. The number of allylic oxidation sites excluding steroid dienone is 1. The van der Waals surface area contributed by atoms with Crippen molar-refractivity contribution >= 4 is 45.9 Å². The van der Waals surface area contributed by atoms with Gasteiger partial charge in [0.1, 0.15) is 5.78 Å². The van der Waals surface area contributed by atoms with E-state index < -0.39 is 5.92 Å². The molecule has 5 rings (SSSR count). The Bertz CT molecular complexity index is 780. The maximum atomic E-state index is 12.8. The first kappa shape index (κ1) is 14.1. The van der Waals surface area contributed by atoms with E-state index in [4.69, 9.17) is 0 Å². The van der Waals surface area contributed by atoms with Gasteiger partial charge in [-0.15, -0.1) is 0 Å². The van der Waals surface area contributed by atoms with Crippen LogP contribution in [0.2, 0.25) is 0 Å². The van der Waals surface area contributed by atoms with Crippen molar-refractivity contribution in [3.8, 4) is 0 Å². The Balaban J connectivity index is 1.83. The first-order valence-corrected chi connectivity index (χ1v) is 8.46. The molecule has 4 aliphatic rings. The van der Waals surface area contributed by atoms with E-state index in [1.807, 2.05) is 19.1 Å². The Morgan fingerprint density at radius 3 is 2.68 bits per heavy atom. The predicted octanol–water partition coefficient (Wildman–Crippen LogP) is 2.77. The molecule has 0 aromatic heterocycles. The number of anilines is 1. The van der Waals surface area contributed by atoms with Gasteiger partial charge in [-0.25, -0.2) is 4.90 Å². The molecule has 3 aliphatic carbocycles. The van der Waals surface area contributed by atoms with Crippen molar-refractivity contribution in [2.45, 2.75) is 26.2 Å². The number of amides is 2. The van der Waals surface area contributed by atoms with Gasteiger partial charge in [-0.2, -0.15) is 0 Å². The molecule has 5 heteroatoms. The van der Waals surface area contributed by atoms with Gasteiger partial charge in [0.2, 0.25) is 5.91 Å². The zero-order chi connectivity index (χ0) is 15.6. The van der Waals surface area contributed by atoms with Crippen molar-refractivity contribution in [1.29, 1.82) is 0 Å². The minimum Gasteiger partial charge on any atom is -0.299 e. The molecule has 1 heterocycles. The molecular weight excluding hydrogens is 393 g/mol. The maximum Gasteiger partial charge on any atom is 0.261 e. The lowest BCUT2D eigenvalue weighted by molar-refractivity contribution is -0.131. The Kier molecular flexibility index (Phi) is 3.04. The van der Waals surface area contributed by atoms with Crippen LogP contribution in [0.25, 0.3) is 0 Å². The summed E-state index contributed by atoms with van der Waals surface area (Å²) < 4.78 is 1.02. The van der Waals surface area contributed by atoms with Crippen LogP contribution in [0.4, 0.5) is 5.69 Å². The monoisotopic (exact) mass is 407 g/mol. The second kappa shape index (κ2) is 4.75. The Hall–Kier alpha value is -1.50. The largest absolute Gasteiger partial charge is 0.299 e. The molecule has 1 saturated carbocycles. The van der Waals surface area contributed by atoms with Gasteiger partial charge in [-0.3, -0.25) is 14.4 Å². The van der Waals surface area contributed by atoms with E-state index >= 15 is 0 Å². The first-order valence-electron chi connectivity index (χ1n) is 7.38. The second-order valence-electron chi connectivity index (χ2n) is 6.20. The molecule has 22 heavy (non-hydrogen) atoms. The van der Waals surface area contributed by atoms with E-state index in [0.717, 1.165) is 21.1 Å². The van der Waals surface area contributed by atoms with Gasteiger partial charge in [0.05, 0.1) is 11.6 Å². The molecule has 0 N–H and O–H groups in total. The maximum absolute atomic E-state index is 12.8. The Morgan fingerprint density at radius 1 is 1.23 bits per heavy atom. The van der Waals surface area contributed by atoms with Gasteiger partial charge in [0.25, 0.3) is 5.91 Å². The first-order chi connectivity index (χ1) is 10.5. The molecule has 2 bridgehead atoms. The normalized spacial score (nSPS) is 27.0. The van der Waals surface area contributed by atoms with Crippen LogP contribution in [0.5, 0.6) is 0 Å².